The maximum absolute atomic E-state index is 12.4. The van der Waals surface area contributed by atoms with Crippen LogP contribution in [0.4, 0.5) is 10.6 Å². The minimum absolute atomic E-state index is 0.222. The summed E-state index contributed by atoms with van der Waals surface area (Å²) in [6.07, 6.45) is 7.04. The van der Waals surface area contributed by atoms with Crippen LogP contribution in [-0.4, -0.2) is 54.6 Å². The van der Waals surface area contributed by atoms with Gasteiger partial charge in [0.2, 0.25) is 0 Å². The summed E-state index contributed by atoms with van der Waals surface area (Å²) in [6.45, 7) is 6.94. The van der Waals surface area contributed by atoms with Crippen molar-refractivity contribution in [3.05, 3.63) is 61.1 Å². The highest BCUT2D eigenvalue weighted by Crippen LogP contribution is 2.32. The lowest BCUT2D eigenvalue weighted by Gasteiger charge is -2.33. The van der Waals surface area contributed by atoms with Crippen molar-refractivity contribution in [3.8, 4) is 33.6 Å². The molecule has 0 saturated carbocycles. The van der Waals surface area contributed by atoms with E-state index in [1.165, 1.54) is 0 Å². The Balaban J connectivity index is 1.30. The van der Waals surface area contributed by atoms with Crippen LogP contribution in [0.25, 0.3) is 33.6 Å². The van der Waals surface area contributed by atoms with Crippen molar-refractivity contribution in [2.75, 3.05) is 18.8 Å². The number of piperidine rings is 1. The lowest BCUT2D eigenvalue weighted by Crippen LogP contribution is -2.42. The normalized spacial score (nSPS) is 14.7. The molecule has 3 N–H and O–H groups in total. The van der Waals surface area contributed by atoms with Crippen LogP contribution >= 0.6 is 0 Å². The number of hydrogen-bond donors (Lipinski definition) is 2. The van der Waals surface area contributed by atoms with Crippen LogP contribution in [0.5, 0.6) is 0 Å². The van der Waals surface area contributed by atoms with Gasteiger partial charge in [-0.25, -0.2) is 9.78 Å². The maximum atomic E-state index is 12.4. The molecule has 1 aliphatic heterocycles. The lowest BCUT2D eigenvalue weighted by atomic mass is 10.0. The maximum Gasteiger partial charge on any atom is 0.410 e. The molecule has 9 heteroatoms. The molecule has 0 aliphatic carbocycles. The molecule has 4 aromatic rings. The number of amides is 1. The van der Waals surface area contributed by atoms with Gasteiger partial charge in [0.05, 0.1) is 23.6 Å². The molecule has 0 atom stereocenters. The first-order valence-corrected chi connectivity index (χ1v) is 12.2. The van der Waals surface area contributed by atoms with Crippen LogP contribution in [-0.2, 0) is 4.74 Å². The van der Waals surface area contributed by atoms with E-state index in [9.17, 15) is 4.79 Å². The van der Waals surface area contributed by atoms with Gasteiger partial charge in [-0.1, -0.05) is 30.3 Å². The second kappa shape index (κ2) is 9.49. The van der Waals surface area contributed by atoms with E-state index in [0.717, 1.165) is 46.5 Å². The van der Waals surface area contributed by atoms with Crippen LogP contribution < -0.4 is 5.73 Å². The summed E-state index contributed by atoms with van der Waals surface area (Å²) in [7, 11) is 0. The SMILES string of the molecule is CC(C)(C)OC(=O)N1CCC(n2cc(-c3cnc(N)c(-c4cc(-c5ccccc5)n[nH]4)c3)cn2)CC1. The van der Waals surface area contributed by atoms with Gasteiger partial charge in [0.25, 0.3) is 0 Å². The van der Waals surface area contributed by atoms with E-state index >= 15 is 0 Å². The van der Waals surface area contributed by atoms with Crippen molar-refractivity contribution in [2.45, 2.75) is 45.3 Å². The second-order valence-corrected chi connectivity index (χ2v) is 10.1. The number of aromatic amines is 1. The van der Waals surface area contributed by atoms with Gasteiger partial charge in [-0.2, -0.15) is 10.2 Å². The van der Waals surface area contributed by atoms with Gasteiger partial charge in [0.1, 0.15) is 11.4 Å². The number of carbonyl (C=O) groups excluding carboxylic acids is 1. The van der Waals surface area contributed by atoms with Crippen LogP contribution in [0, 0.1) is 0 Å². The highest BCUT2D eigenvalue weighted by atomic mass is 16.6. The number of carbonyl (C=O) groups is 1. The Morgan fingerprint density at radius 2 is 1.81 bits per heavy atom. The molecular weight excluding hydrogens is 454 g/mol. The molecule has 186 valence electrons. The summed E-state index contributed by atoms with van der Waals surface area (Å²) in [6, 6.07) is 14.2. The molecule has 1 saturated heterocycles. The smallest absolute Gasteiger partial charge is 0.410 e. The predicted octanol–water partition coefficient (Wildman–Crippen LogP) is 5.16. The number of nitrogens with two attached hydrogens (primary N) is 1. The summed E-state index contributed by atoms with van der Waals surface area (Å²) in [5.74, 6) is 0.434. The van der Waals surface area contributed by atoms with Gasteiger partial charge in [-0.05, 0) is 45.7 Å². The van der Waals surface area contributed by atoms with Crippen molar-refractivity contribution >= 4 is 11.9 Å². The fraction of sp³-hybridized carbons (Fsp3) is 0.333. The molecule has 3 aromatic heterocycles. The summed E-state index contributed by atoms with van der Waals surface area (Å²) in [4.78, 5) is 18.6. The standard InChI is InChI=1S/C27H31N7O2/c1-27(2,3)36-26(35)33-11-9-21(10-12-33)34-17-20(16-30-34)19-13-22(25(28)29-15-19)24-14-23(31-32-24)18-7-5-4-6-8-18/h4-8,13-17,21H,9-12H2,1-3H3,(H2,28,29)(H,31,32). The quantitative estimate of drug-likeness (QED) is 0.413. The number of nitrogen functional groups attached to an aromatic ring is 1. The number of pyridine rings is 1. The average Bonchev–Trinajstić information content (AvgIpc) is 3.55. The molecule has 1 amide bonds. The zero-order valence-electron chi connectivity index (χ0n) is 20.8. The summed E-state index contributed by atoms with van der Waals surface area (Å²) >= 11 is 0. The number of nitrogens with one attached hydrogen (secondary N) is 1. The third-order valence-corrected chi connectivity index (χ3v) is 6.28. The van der Waals surface area contributed by atoms with E-state index in [0.29, 0.717) is 18.9 Å². The van der Waals surface area contributed by atoms with Gasteiger partial charge >= 0.3 is 6.09 Å². The Kier molecular flexibility index (Phi) is 6.22. The summed E-state index contributed by atoms with van der Waals surface area (Å²) in [5, 5.41) is 12.2. The summed E-state index contributed by atoms with van der Waals surface area (Å²) < 4.78 is 7.49. The molecule has 0 radical (unpaired) electrons. The van der Waals surface area contributed by atoms with Crippen LogP contribution in [0.3, 0.4) is 0 Å². The predicted molar refractivity (Wildman–Crippen MR) is 139 cm³/mol. The molecule has 1 aliphatic rings. The van der Waals surface area contributed by atoms with Gasteiger partial charge in [-0.3, -0.25) is 9.78 Å². The third-order valence-electron chi connectivity index (χ3n) is 6.28. The minimum Gasteiger partial charge on any atom is -0.444 e. The van der Waals surface area contributed by atoms with E-state index < -0.39 is 5.60 Å². The van der Waals surface area contributed by atoms with Gasteiger partial charge in [-0.15, -0.1) is 0 Å². The molecular formula is C27H31N7O2. The molecule has 1 aromatic carbocycles. The zero-order valence-corrected chi connectivity index (χ0v) is 20.8. The lowest BCUT2D eigenvalue weighted by molar-refractivity contribution is 0.0185. The van der Waals surface area contributed by atoms with Crippen LogP contribution in [0.15, 0.2) is 61.1 Å². The number of nitrogens with zero attached hydrogens (tertiary/aromatic N) is 5. The van der Waals surface area contributed by atoms with Gasteiger partial charge < -0.3 is 15.4 Å². The number of aromatic nitrogens is 5. The van der Waals surface area contributed by atoms with E-state index in [4.69, 9.17) is 10.5 Å². The van der Waals surface area contributed by atoms with Crippen molar-refractivity contribution < 1.29 is 9.53 Å². The number of rotatable bonds is 4. The number of ether oxygens (including phenoxy) is 1. The van der Waals surface area contributed by atoms with E-state index in [-0.39, 0.29) is 12.1 Å². The van der Waals surface area contributed by atoms with Crippen molar-refractivity contribution in [3.63, 3.8) is 0 Å². The van der Waals surface area contributed by atoms with E-state index in [2.05, 4.69) is 20.3 Å². The summed E-state index contributed by atoms with van der Waals surface area (Å²) in [5.41, 5.74) is 11.1. The van der Waals surface area contributed by atoms with Crippen molar-refractivity contribution in [1.82, 2.24) is 29.9 Å². The molecule has 4 heterocycles. The fourth-order valence-corrected chi connectivity index (χ4v) is 4.39. The number of hydrogen-bond acceptors (Lipinski definition) is 6. The van der Waals surface area contributed by atoms with Crippen molar-refractivity contribution in [2.24, 2.45) is 0 Å². The Morgan fingerprint density at radius 1 is 1.06 bits per heavy atom. The Morgan fingerprint density at radius 3 is 2.53 bits per heavy atom. The molecule has 1 fully saturated rings. The number of anilines is 1. The van der Waals surface area contributed by atoms with E-state index in [1.807, 2.05) is 80.3 Å². The molecule has 0 bridgehead atoms. The first kappa shape index (κ1) is 23.6. The van der Waals surface area contributed by atoms with E-state index in [1.54, 1.807) is 11.1 Å². The monoisotopic (exact) mass is 485 g/mol. The second-order valence-electron chi connectivity index (χ2n) is 10.1. The molecule has 0 unspecified atom stereocenters. The molecule has 5 rings (SSSR count). The highest BCUT2D eigenvalue weighted by Gasteiger charge is 2.28. The number of likely N-dealkylation sites (tertiary alicyclic amines) is 1. The highest BCUT2D eigenvalue weighted by molar-refractivity contribution is 5.79. The largest absolute Gasteiger partial charge is 0.444 e. The third kappa shape index (κ3) is 5.10. The topological polar surface area (TPSA) is 115 Å². The van der Waals surface area contributed by atoms with Crippen LogP contribution in [0.2, 0.25) is 0 Å². The molecule has 0 spiro atoms. The Bertz CT molecular complexity index is 1350. The minimum atomic E-state index is -0.490. The number of H-pyrrole nitrogens is 1. The van der Waals surface area contributed by atoms with Gasteiger partial charge in [0.15, 0.2) is 0 Å². The fourth-order valence-electron chi connectivity index (χ4n) is 4.39. The first-order chi connectivity index (χ1) is 17.3. The van der Waals surface area contributed by atoms with Gasteiger partial charge in [0, 0.05) is 47.7 Å². The number of benzene rings is 1. The average molecular weight is 486 g/mol. The van der Waals surface area contributed by atoms with Crippen LogP contribution in [0.1, 0.15) is 39.7 Å². The first-order valence-electron chi connectivity index (χ1n) is 12.2. The Labute approximate surface area is 210 Å². The van der Waals surface area contributed by atoms with Crippen molar-refractivity contribution in [1.29, 1.82) is 0 Å². The molecule has 9 nitrogen and oxygen atoms in total. The molecule has 36 heavy (non-hydrogen) atoms. The zero-order chi connectivity index (χ0) is 25.3. The Hall–Kier alpha value is -4.14.